The smallest absolute Gasteiger partial charge is 0.311 e. The first-order valence-electron chi connectivity index (χ1n) is 14.7. The van der Waals surface area contributed by atoms with Crippen LogP contribution in [0.2, 0.25) is 0 Å². The maximum absolute atomic E-state index is 12.7. The molecule has 2 N–H and O–H groups in total. The third-order valence-electron chi connectivity index (χ3n) is 7.77. The van der Waals surface area contributed by atoms with Crippen LogP contribution in [0, 0.1) is 0 Å². The molecule has 2 aliphatic heterocycles. The molecule has 4 heterocycles. The van der Waals surface area contributed by atoms with Gasteiger partial charge in [-0.05, 0) is 13.8 Å². The van der Waals surface area contributed by atoms with Gasteiger partial charge in [-0.1, -0.05) is 11.3 Å². The van der Waals surface area contributed by atoms with E-state index in [1.807, 2.05) is 0 Å². The van der Waals surface area contributed by atoms with Gasteiger partial charge in [-0.2, -0.15) is 4.98 Å². The second kappa shape index (κ2) is 16.0. The van der Waals surface area contributed by atoms with Gasteiger partial charge in [0.2, 0.25) is 12.2 Å². The number of nitrogens with zero attached hydrogens (tertiary/aromatic N) is 3. The molecule has 2 aliphatic rings. The minimum Gasteiger partial charge on any atom is -0.463 e. The molecule has 272 valence electrons. The van der Waals surface area contributed by atoms with E-state index in [0.717, 1.165) is 11.3 Å². The molecule has 19 nitrogen and oxygen atoms in total. The van der Waals surface area contributed by atoms with E-state index in [9.17, 15) is 28.8 Å². The number of nitrogen functional groups attached to an aromatic ring is 1. The van der Waals surface area contributed by atoms with E-state index < -0.39 is 82.9 Å². The Labute approximate surface area is 284 Å². The molecule has 49 heavy (non-hydrogen) atoms. The highest BCUT2D eigenvalue weighted by atomic mass is 32.1. The van der Waals surface area contributed by atoms with E-state index in [2.05, 4.69) is 9.97 Å². The fraction of sp³-hybridized carbons (Fsp3) is 0.655. The van der Waals surface area contributed by atoms with Crippen LogP contribution < -0.4 is 10.6 Å². The van der Waals surface area contributed by atoms with E-state index in [4.69, 9.17) is 48.4 Å². The van der Waals surface area contributed by atoms with Crippen molar-refractivity contribution in [2.24, 2.45) is 0 Å². The Balaban J connectivity index is 0.000000278. The summed E-state index contributed by atoms with van der Waals surface area (Å²) < 4.78 is 49.8. The molecule has 0 aliphatic carbocycles. The van der Waals surface area contributed by atoms with E-state index in [-0.39, 0.29) is 24.8 Å². The minimum absolute atomic E-state index is 0.0213. The monoisotopic (exact) mass is 716 g/mol. The number of fused-ring (bicyclic) bond motifs is 1. The van der Waals surface area contributed by atoms with Gasteiger partial charge in [0.1, 0.15) is 36.6 Å². The standard InChI is InChI=1S/C16H20N4O7S.C13H20O8/c1-7(21)25-6-10-16(3,24-4)11(26-8(2)22)13(27-10)20-12-9(28-15(20)23)5-18-14(17)19-12;1-7(14)18-6-10-13(4,17-5)11(19-8(2)15)12(21-10)20-9(3)16/h5,10-11,13H,6H2,1-4H3,(H2,17,18,19);10-12H,6H2,1-5H3/t10-,11+,13-,16-;10-,11+,12-,13-/m11/s1. The zero-order valence-corrected chi connectivity index (χ0v) is 29.2. The maximum atomic E-state index is 12.7. The van der Waals surface area contributed by atoms with Crippen molar-refractivity contribution in [1.82, 2.24) is 14.5 Å². The molecule has 20 heteroatoms. The van der Waals surface area contributed by atoms with Crippen LogP contribution in [0.15, 0.2) is 11.0 Å². The average molecular weight is 717 g/mol. The first kappa shape index (κ1) is 39.2. The number of methoxy groups -OCH3 is 2. The maximum Gasteiger partial charge on any atom is 0.311 e. The number of esters is 5. The minimum atomic E-state index is -1.20. The van der Waals surface area contributed by atoms with E-state index in [0.29, 0.717) is 4.70 Å². The van der Waals surface area contributed by atoms with Gasteiger partial charge in [0.25, 0.3) is 0 Å². The van der Waals surface area contributed by atoms with Crippen molar-refractivity contribution in [2.45, 2.75) is 96.6 Å². The van der Waals surface area contributed by atoms with Crippen molar-refractivity contribution >= 4 is 57.5 Å². The van der Waals surface area contributed by atoms with Crippen molar-refractivity contribution in [3.05, 3.63) is 15.9 Å². The SMILES string of the molecule is CO[C@]1(C)[C@@H](COC(C)=O)O[C@@H](OC(C)=O)[C@@H]1OC(C)=O.CO[C@]1(C)[C@@H](COC(C)=O)O[C@@H](n2c(=O)sc3cnc(N)nc32)[C@@H]1OC(C)=O. The van der Waals surface area contributed by atoms with Crippen LogP contribution in [-0.2, 0) is 66.6 Å². The summed E-state index contributed by atoms with van der Waals surface area (Å²) in [5.74, 6) is -2.77. The number of ether oxygens (including phenoxy) is 9. The molecule has 2 aromatic heterocycles. The summed E-state index contributed by atoms with van der Waals surface area (Å²) >= 11 is 0.903. The van der Waals surface area contributed by atoms with Crippen molar-refractivity contribution in [1.29, 1.82) is 0 Å². The largest absolute Gasteiger partial charge is 0.463 e. The first-order valence-corrected chi connectivity index (χ1v) is 15.5. The molecule has 8 atom stereocenters. The fourth-order valence-electron chi connectivity index (χ4n) is 5.18. The number of rotatable bonds is 10. The molecule has 0 spiro atoms. The molecule has 0 amide bonds. The Kier molecular flexibility index (Phi) is 12.8. The van der Waals surface area contributed by atoms with Gasteiger partial charge in [0, 0.05) is 48.8 Å². The number of thiazole rings is 1. The summed E-state index contributed by atoms with van der Waals surface area (Å²) in [6.07, 6.45) is -4.30. The highest BCUT2D eigenvalue weighted by Crippen LogP contribution is 2.42. The average Bonchev–Trinajstić information content (AvgIpc) is 3.56. The number of anilines is 1. The Bertz CT molecular complexity index is 1610. The predicted molar refractivity (Wildman–Crippen MR) is 166 cm³/mol. The predicted octanol–water partition coefficient (Wildman–Crippen LogP) is 0.407. The number of hydrogen-bond donors (Lipinski definition) is 1. The lowest BCUT2D eigenvalue weighted by atomic mass is 9.94. The van der Waals surface area contributed by atoms with Crippen LogP contribution in [0.25, 0.3) is 10.3 Å². The lowest BCUT2D eigenvalue weighted by molar-refractivity contribution is -0.198. The Morgan fingerprint density at radius 1 is 0.816 bits per heavy atom. The van der Waals surface area contributed by atoms with Crippen LogP contribution in [0.4, 0.5) is 5.95 Å². The molecular formula is C29H40N4O15S. The molecule has 2 fully saturated rings. The van der Waals surface area contributed by atoms with Gasteiger partial charge in [0.15, 0.2) is 24.1 Å². The Morgan fingerprint density at radius 3 is 1.80 bits per heavy atom. The van der Waals surface area contributed by atoms with Gasteiger partial charge < -0.3 is 48.4 Å². The van der Waals surface area contributed by atoms with Crippen molar-refractivity contribution < 1.29 is 66.6 Å². The number of aromatic nitrogens is 3. The number of carbonyl (C=O) groups is 5. The molecule has 0 radical (unpaired) electrons. The molecular weight excluding hydrogens is 676 g/mol. The molecule has 0 unspecified atom stereocenters. The van der Waals surface area contributed by atoms with Crippen LogP contribution in [0.1, 0.15) is 54.7 Å². The molecule has 2 aromatic rings. The lowest BCUT2D eigenvalue weighted by Crippen LogP contribution is -2.51. The third kappa shape index (κ3) is 8.87. The molecule has 4 rings (SSSR count). The second-order valence-corrected chi connectivity index (χ2v) is 12.2. The highest BCUT2D eigenvalue weighted by Gasteiger charge is 2.59. The second-order valence-electron chi connectivity index (χ2n) is 11.2. The van der Waals surface area contributed by atoms with E-state index >= 15 is 0 Å². The van der Waals surface area contributed by atoms with E-state index in [1.54, 1.807) is 13.8 Å². The lowest BCUT2D eigenvalue weighted by Gasteiger charge is -2.32. The molecule has 0 aromatic carbocycles. The highest BCUT2D eigenvalue weighted by molar-refractivity contribution is 7.16. The summed E-state index contributed by atoms with van der Waals surface area (Å²) in [4.78, 5) is 76.6. The van der Waals surface area contributed by atoms with Crippen molar-refractivity contribution in [2.75, 3.05) is 33.2 Å². The number of hydrogen-bond acceptors (Lipinski definition) is 19. The van der Waals surface area contributed by atoms with Crippen LogP contribution >= 0.6 is 11.3 Å². The number of carbonyl (C=O) groups excluding carboxylic acids is 5. The van der Waals surface area contributed by atoms with Gasteiger partial charge in [-0.25, -0.2) is 4.98 Å². The van der Waals surface area contributed by atoms with Crippen LogP contribution in [0.3, 0.4) is 0 Å². The van der Waals surface area contributed by atoms with Crippen LogP contribution in [0.5, 0.6) is 0 Å². The summed E-state index contributed by atoms with van der Waals surface area (Å²) in [7, 11) is 2.81. The van der Waals surface area contributed by atoms with Crippen molar-refractivity contribution in [3.63, 3.8) is 0 Å². The molecule has 0 saturated carbocycles. The summed E-state index contributed by atoms with van der Waals surface area (Å²) in [6.45, 7) is 9.19. The first-order chi connectivity index (χ1) is 22.9. The fourth-order valence-corrected chi connectivity index (χ4v) is 6.00. The zero-order chi connectivity index (χ0) is 36.8. The summed E-state index contributed by atoms with van der Waals surface area (Å²) in [5.41, 5.74) is 3.59. The topological polar surface area (TPSA) is 242 Å². The number of nitrogens with two attached hydrogens (primary N) is 1. The summed E-state index contributed by atoms with van der Waals surface area (Å²) in [6, 6.07) is 0. The summed E-state index contributed by atoms with van der Waals surface area (Å²) in [5, 5.41) is 0. The van der Waals surface area contributed by atoms with E-state index in [1.165, 1.54) is 59.6 Å². The van der Waals surface area contributed by atoms with Gasteiger partial charge in [-0.15, -0.1) is 0 Å². The Morgan fingerprint density at radius 2 is 1.31 bits per heavy atom. The molecule has 2 saturated heterocycles. The van der Waals surface area contributed by atoms with Gasteiger partial charge in [0.05, 0.1) is 10.9 Å². The van der Waals surface area contributed by atoms with Crippen LogP contribution in [-0.4, -0.2) is 114 Å². The van der Waals surface area contributed by atoms with Crippen molar-refractivity contribution in [3.8, 4) is 0 Å². The Hall–Kier alpha value is -4.24. The quantitative estimate of drug-likeness (QED) is 0.258. The van der Waals surface area contributed by atoms with Gasteiger partial charge >= 0.3 is 34.7 Å². The third-order valence-corrected chi connectivity index (χ3v) is 8.65. The molecule has 0 bridgehead atoms. The van der Waals surface area contributed by atoms with Gasteiger partial charge in [-0.3, -0.25) is 33.3 Å². The zero-order valence-electron chi connectivity index (χ0n) is 28.4. The normalized spacial score (nSPS) is 29.0.